The molecule has 1 fully saturated rings. The molecule has 2 rings (SSSR count). The van der Waals surface area contributed by atoms with Crippen LogP contribution in [0.1, 0.15) is 17.7 Å². The summed E-state index contributed by atoms with van der Waals surface area (Å²) in [7, 11) is 0. The van der Waals surface area contributed by atoms with Gasteiger partial charge in [-0.3, -0.25) is 0 Å². The lowest BCUT2D eigenvalue weighted by Crippen LogP contribution is -1.99. The van der Waals surface area contributed by atoms with E-state index in [1.807, 2.05) is 17.5 Å². The average Bonchev–Trinajstić information content (AvgIpc) is 2.46. The van der Waals surface area contributed by atoms with Gasteiger partial charge in [-0.1, -0.05) is 6.07 Å². The first kappa shape index (κ1) is 5.45. The number of rotatable bonds is 1. The molecule has 0 bridgehead atoms. The predicted molar refractivity (Wildman–Crippen MR) is 37.4 cm³/mol. The van der Waals surface area contributed by atoms with Crippen molar-refractivity contribution in [1.82, 2.24) is 0 Å². The highest BCUT2D eigenvalue weighted by atomic mass is 32.1. The smallest absolute Gasteiger partial charge is 0.0990 e. The summed E-state index contributed by atoms with van der Waals surface area (Å²) in [6.07, 6.45) is 1.90. The lowest BCUT2D eigenvalue weighted by Gasteiger charge is -2.00. The van der Waals surface area contributed by atoms with Crippen molar-refractivity contribution in [1.29, 1.82) is 0 Å². The van der Waals surface area contributed by atoms with Crippen molar-refractivity contribution in [3.8, 4) is 0 Å². The molecule has 0 aliphatic heterocycles. The molecule has 1 aliphatic carbocycles. The van der Waals surface area contributed by atoms with Crippen LogP contribution in [0.25, 0.3) is 0 Å². The van der Waals surface area contributed by atoms with Crippen LogP contribution in [-0.2, 0) is 5.60 Å². The molecule has 48 valence electrons. The summed E-state index contributed by atoms with van der Waals surface area (Å²) >= 11 is 1.64. The maximum atomic E-state index is 9.50. The molecule has 1 heterocycles. The largest absolute Gasteiger partial charge is 0.384 e. The fraction of sp³-hybridized carbons (Fsp3) is 0.429. The molecule has 1 aromatic rings. The highest BCUT2D eigenvalue weighted by Gasteiger charge is 2.42. The van der Waals surface area contributed by atoms with E-state index in [0.29, 0.717) is 0 Å². The molecule has 0 unspecified atom stereocenters. The van der Waals surface area contributed by atoms with Gasteiger partial charge in [-0.15, -0.1) is 11.3 Å². The molecule has 1 N–H and O–H groups in total. The lowest BCUT2D eigenvalue weighted by molar-refractivity contribution is 0.155. The molecule has 0 aromatic carbocycles. The summed E-state index contributed by atoms with van der Waals surface area (Å²) in [5.74, 6) is 0. The molecule has 1 nitrogen and oxygen atoms in total. The second kappa shape index (κ2) is 1.58. The van der Waals surface area contributed by atoms with Crippen molar-refractivity contribution in [2.24, 2.45) is 0 Å². The Morgan fingerprint density at radius 3 is 2.78 bits per heavy atom. The van der Waals surface area contributed by atoms with E-state index < -0.39 is 5.60 Å². The number of thiophene rings is 1. The van der Waals surface area contributed by atoms with Crippen LogP contribution in [0, 0.1) is 0 Å². The van der Waals surface area contributed by atoms with Crippen molar-refractivity contribution in [2.45, 2.75) is 18.4 Å². The second-order valence-corrected chi connectivity index (χ2v) is 3.46. The molecule has 0 radical (unpaired) electrons. The zero-order chi connectivity index (χ0) is 6.32. The van der Waals surface area contributed by atoms with E-state index in [-0.39, 0.29) is 0 Å². The van der Waals surface area contributed by atoms with Gasteiger partial charge in [-0.2, -0.15) is 0 Å². The lowest BCUT2D eigenvalue weighted by atomic mass is 10.3. The highest BCUT2D eigenvalue weighted by molar-refractivity contribution is 7.10. The molecule has 2 heteroatoms. The minimum Gasteiger partial charge on any atom is -0.384 e. The second-order valence-electron chi connectivity index (χ2n) is 2.51. The molecular formula is C7H8OS. The van der Waals surface area contributed by atoms with Gasteiger partial charge < -0.3 is 5.11 Å². The van der Waals surface area contributed by atoms with E-state index in [1.54, 1.807) is 11.3 Å². The van der Waals surface area contributed by atoms with Gasteiger partial charge >= 0.3 is 0 Å². The first-order valence-corrected chi connectivity index (χ1v) is 3.96. The number of aliphatic hydroxyl groups is 1. The van der Waals surface area contributed by atoms with Crippen LogP contribution >= 0.6 is 11.3 Å². The fourth-order valence-corrected chi connectivity index (χ4v) is 1.79. The third kappa shape index (κ3) is 0.787. The predicted octanol–water partition coefficient (Wildman–Crippen LogP) is 1.73. The van der Waals surface area contributed by atoms with E-state index in [1.165, 1.54) is 0 Å². The average molecular weight is 140 g/mol. The molecule has 1 aliphatic rings. The van der Waals surface area contributed by atoms with E-state index in [0.717, 1.165) is 17.7 Å². The van der Waals surface area contributed by atoms with Crippen molar-refractivity contribution in [2.75, 3.05) is 0 Å². The Labute approximate surface area is 58.0 Å². The third-order valence-electron chi connectivity index (χ3n) is 1.70. The maximum absolute atomic E-state index is 9.50. The Kier molecular flexibility index (Phi) is 0.957. The first-order chi connectivity index (χ1) is 4.31. The van der Waals surface area contributed by atoms with Crippen molar-refractivity contribution >= 4 is 11.3 Å². The summed E-state index contributed by atoms with van der Waals surface area (Å²) in [6.45, 7) is 0. The van der Waals surface area contributed by atoms with Crippen molar-refractivity contribution in [3.05, 3.63) is 22.4 Å². The minimum absolute atomic E-state index is 0.409. The summed E-state index contributed by atoms with van der Waals surface area (Å²) in [6, 6.07) is 3.98. The molecule has 0 amide bonds. The minimum atomic E-state index is -0.409. The van der Waals surface area contributed by atoms with Gasteiger partial charge in [-0.05, 0) is 24.3 Å². The number of hydrogen-bond acceptors (Lipinski definition) is 2. The first-order valence-electron chi connectivity index (χ1n) is 3.08. The van der Waals surface area contributed by atoms with Gasteiger partial charge in [0.15, 0.2) is 0 Å². The SMILES string of the molecule is OC1(c2cccs2)CC1. The van der Waals surface area contributed by atoms with E-state index in [9.17, 15) is 5.11 Å². The van der Waals surface area contributed by atoms with Crippen LogP contribution < -0.4 is 0 Å². The van der Waals surface area contributed by atoms with Gasteiger partial charge in [-0.25, -0.2) is 0 Å². The summed E-state index contributed by atoms with van der Waals surface area (Å²) < 4.78 is 0. The van der Waals surface area contributed by atoms with Crippen molar-refractivity contribution in [3.63, 3.8) is 0 Å². The Hall–Kier alpha value is -0.340. The topological polar surface area (TPSA) is 20.2 Å². The number of hydrogen-bond donors (Lipinski definition) is 1. The van der Waals surface area contributed by atoms with Crippen LogP contribution in [0.5, 0.6) is 0 Å². The van der Waals surface area contributed by atoms with Gasteiger partial charge in [0.05, 0.1) is 5.60 Å². The van der Waals surface area contributed by atoms with Crippen LogP contribution in [0.4, 0.5) is 0 Å². The summed E-state index contributed by atoms with van der Waals surface area (Å²) in [5, 5.41) is 11.5. The van der Waals surface area contributed by atoms with Crippen LogP contribution in [-0.4, -0.2) is 5.11 Å². The van der Waals surface area contributed by atoms with E-state index in [4.69, 9.17) is 0 Å². The fourth-order valence-electron chi connectivity index (χ4n) is 0.908. The quantitative estimate of drug-likeness (QED) is 0.629. The molecular weight excluding hydrogens is 132 g/mol. The monoisotopic (exact) mass is 140 g/mol. The van der Waals surface area contributed by atoms with Gasteiger partial charge in [0.1, 0.15) is 0 Å². The Morgan fingerprint density at radius 1 is 1.56 bits per heavy atom. The highest BCUT2D eigenvalue weighted by Crippen LogP contribution is 2.46. The Bertz CT molecular complexity index is 199. The van der Waals surface area contributed by atoms with Crippen LogP contribution in [0.2, 0.25) is 0 Å². The van der Waals surface area contributed by atoms with Crippen LogP contribution in [0.15, 0.2) is 17.5 Å². The summed E-state index contributed by atoms with van der Waals surface area (Å²) in [5.41, 5.74) is -0.409. The standard InChI is InChI=1S/C7H8OS/c8-7(3-4-7)6-2-1-5-9-6/h1-2,5,8H,3-4H2. The van der Waals surface area contributed by atoms with Gasteiger partial charge in [0.25, 0.3) is 0 Å². The Morgan fingerprint density at radius 2 is 2.33 bits per heavy atom. The molecule has 0 saturated heterocycles. The van der Waals surface area contributed by atoms with E-state index in [2.05, 4.69) is 0 Å². The Balaban J connectivity index is 2.34. The zero-order valence-corrected chi connectivity index (χ0v) is 5.82. The zero-order valence-electron chi connectivity index (χ0n) is 5.00. The molecule has 1 saturated carbocycles. The molecule has 0 atom stereocenters. The van der Waals surface area contributed by atoms with Crippen LogP contribution in [0.3, 0.4) is 0 Å². The maximum Gasteiger partial charge on any atom is 0.0990 e. The molecule has 9 heavy (non-hydrogen) atoms. The third-order valence-corrected chi connectivity index (χ3v) is 2.77. The summed E-state index contributed by atoms with van der Waals surface area (Å²) in [4.78, 5) is 1.13. The normalized spacial score (nSPS) is 21.9. The molecule has 0 spiro atoms. The van der Waals surface area contributed by atoms with E-state index >= 15 is 0 Å². The van der Waals surface area contributed by atoms with Crippen molar-refractivity contribution < 1.29 is 5.11 Å². The molecule has 1 aromatic heterocycles. The van der Waals surface area contributed by atoms with Gasteiger partial charge in [0.2, 0.25) is 0 Å². The van der Waals surface area contributed by atoms with Gasteiger partial charge in [0, 0.05) is 4.88 Å².